The standard InChI is InChI=1S/C10H18/c1-8(2)10-6-4-9(3)5-7-10/h4,8,10H,5-7H2,1-3H3/t10-/m1/s1. The largest absolute Gasteiger partial charge is 0.0853 e. The van der Waals surface area contributed by atoms with E-state index >= 15 is 0 Å². The maximum Gasteiger partial charge on any atom is -0.0317 e. The molecule has 0 amide bonds. The Morgan fingerprint density at radius 3 is 2.60 bits per heavy atom. The molecule has 0 radical (unpaired) electrons. The molecule has 0 saturated heterocycles. The van der Waals surface area contributed by atoms with Crippen LogP contribution in [0.1, 0.15) is 40.0 Å². The molecular weight excluding hydrogens is 120 g/mol. The van der Waals surface area contributed by atoms with E-state index < -0.39 is 0 Å². The molecule has 58 valence electrons. The van der Waals surface area contributed by atoms with Gasteiger partial charge in [-0.25, -0.2) is 0 Å². The fraction of sp³-hybridized carbons (Fsp3) is 0.800. The summed E-state index contributed by atoms with van der Waals surface area (Å²) in [7, 11) is 0. The number of allylic oxidation sites excluding steroid dienone is 2. The normalized spacial score (nSPS) is 26.8. The summed E-state index contributed by atoms with van der Waals surface area (Å²) >= 11 is 0. The van der Waals surface area contributed by atoms with Crippen LogP contribution in [0.4, 0.5) is 0 Å². The average Bonchev–Trinajstić information content (AvgIpc) is 1.88. The highest BCUT2D eigenvalue weighted by atomic mass is 14.2. The second-order valence-electron chi connectivity index (χ2n) is 3.83. The van der Waals surface area contributed by atoms with Crippen LogP contribution in [0.5, 0.6) is 0 Å². The monoisotopic (exact) mass is 138 g/mol. The molecule has 1 aliphatic rings. The summed E-state index contributed by atoms with van der Waals surface area (Å²) in [4.78, 5) is 0. The Morgan fingerprint density at radius 2 is 2.20 bits per heavy atom. The first-order valence-electron chi connectivity index (χ1n) is 4.36. The first kappa shape index (κ1) is 7.84. The van der Waals surface area contributed by atoms with E-state index in [4.69, 9.17) is 0 Å². The van der Waals surface area contributed by atoms with Gasteiger partial charge in [-0.3, -0.25) is 0 Å². The topological polar surface area (TPSA) is 0 Å². The van der Waals surface area contributed by atoms with E-state index in [9.17, 15) is 0 Å². The lowest BCUT2D eigenvalue weighted by Crippen LogP contribution is -2.10. The Hall–Kier alpha value is -0.260. The molecule has 0 aliphatic heterocycles. The van der Waals surface area contributed by atoms with Crippen LogP contribution >= 0.6 is 0 Å². The highest BCUT2D eigenvalue weighted by Crippen LogP contribution is 2.28. The zero-order valence-corrected chi connectivity index (χ0v) is 7.35. The van der Waals surface area contributed by atoms with Crippen LogP contribution in [0.2, 0.25) is 0 Å². The van der Waals surface area contributed by atoms with Gasteiger partial charge >= 0.3 is 0 Å². The van der Waals surface area contributed by atoms with Crippen LogP contribution in [-0.4, -0.2) is 0 Å². The van der Waals surface area contributed by atoms with Crippen molar-refractivity contribution in [2.75, 3.05) is 0 Å². The van der Waals surface area contributed by atoms with Gasteiger partial charge in [0.15, 0.2) is 0 Å². The minimum Gasteiger partial charge on any atom is -0.0853 e. The van der Waals surface area contributed by atoms with Gasteiger partial charge in [0.1, 0.15) is 0 Å². The van der Waals surface area contributed by atoms with Crippen molar-refractivity contribution >= 4 is 0 Å². The van der Waals surface area contributed by atoms with Gasteiger partial charge in [-0.1, -0.05) is 25.5 Å². The van der Waals surface area contributed by atoms with Gasteiger partial charge in [0.25, 0.3) is 0 Å². The predicted octanol–water partition coefficient (Wildman–Crippen LogP) is 3.39. The van der Waals surface area contributed by atoms with Crippen molar-refractivity contribution in [2.24, 2.45) is 11.8 Å². The Morgan fingerprint density at radius 1 is 1.50 bits per heavy atom. The molecule has 0 heterocycles. The lowest BCUT2D eigenvalue weighted by atomic mass is 9.83. The molecule has 1 aliphatic carbocycles. The molecule has 0 bridgehead atoms. The van der Waals surface area contributed by atoms with Crippen molar-refractivity contribution < 1.29 is 0 Å². The minimum absolute atomic E-state index is 0.879. The zero-order valence-electron chi connectivity index (χ0n) is 7.35. The predicted molar refractivity (Wildman–Crippen MR) is 45.9 cm³/mol. The van der Waals surface area contributed by atoms with Crippen LogP contribution < -0.4 is 0 Å². The summed E-state index contributed by atoms with van der Waals surface area (Å²) in [5.74, 6) is 1.84. The van der Waals surface area contributed by atoms with E-state index in [1.165, 1.54) is 19.3 Å². The Bertz CT molecular complexity index is 131. The maximum atomic E-state index is 2.41. The molecule has 0 aromatic rings. The van der Waals surface area contributed by atoms with Gasteiger partial charge in [-0.2, -0.15) is 0 Å². The fourth-order valence-corrected chi connectivity index (χ4v) is 1.59. The van der Waals surface area contributed by atoms with Gasteiger partial charge < -0.3 is 0 Å². The third-order valence-electron chi connectivity index (χ3n) is 2.62. The lowest BCUT2D eigenvalue weighted by Gasteiger charge is -2.23. The Kier molecular flexibility index (Phi) is 2.53. The molecule has 10 heavy (non-hydrogen) atoms. The van der Waals surface area contributed by atoms with Crippen molar-refractivity contribution in [1.82, 2.24) is 0 Å². The van der Waals surface area contributed by atoms with E-state index in [0.29, 0.717) is 0 Å². The van der Waals surface area contributed by atoms with Crippen LogP contribution in [0.3, 0.4) is 0 Å². The van der Waals surface area contributed by atoms with E-state index in [1.54, 1.807) is 5.57 Å². The number of hydrogen-bond donors (Lipinski definition) is 0. The van der Waals surface area contributed by atoms with Gasteiger partial charge in [0.05, 0.1) is 0 Å². The first-order chi connectivity index (χ1) is 4.70. The molecule has 0 spiro atoms. The molecule has 0 aromatic carbocycles. The Labute approximate surface area is 64.3 Å². The highest BCUT2D eigenvalue weighted by molar-refractivity contribution is 5.03. The molecule has 0 nitrogen and oxygen atoms in total. The lowest BCUT2D eigenvalue weighted by molar-refractivity contribution is 0.350. The van der Waals surface area contributed by atoms with E-state index in [-0.39, 0.29) is 0 Å². The fourth-order valence-electron chi connectivity index (χ4n) is 1.59. The van der Waals surface area contributed by atoms with Crippen LogP contribution in [0, 0.1) is 11.8 Å². The third-order valence-corrected chi connectivity index (χ3v) is 2.62. The van der Waals surface area contributed by atoms with Gasteiger partial charge in [0.2, 0.25) is 0 Å². The summed E-state index contributed by atoms with van der Waals surface area (Å²) in [6.07, 6.45) is 6.49. The minimum atomic E-state index is 0.879. The quantitative estimate of drug-likeness (QED) is 0.487. The second kappa shape index (κ2) is 3.23. The summed E-state index contributed by atoms with van der Waals surface area (Å²) in [6.45, 7) is 6.91. The SMILES string of the molecule is CC1=CC[C@@H](C(C)C)CC1. The molecule has 0 heteroatoms. The van der Waals surface area contributed by atoms with Crippen molar-refractivity contribution in [1.29, 1.82) is 0 Å². The third kappa shape index (κ3) is 1.86. The molecule has 1 atom stereocenters. The van der Waals surface area contributed by atoms with Crippen molar-refractivity contribution in [3.8, 4) is 0 Å². The van der Waals surface area contributed by atoms with Gasteiger partial charge in [0, 0.05) is 0 Å². The molecular formula is C10H18. The smallest absolute Gasteiger partial charge is 0.0317 e. The molecule has 0 unspecified atom stereocenters. The number of hydrogen-bond acceptors (Lipinski definition) is 0. The molecule has 0 N–H and O–H groups in total. The summed E-state index contributed by atoms with van der Waals surface area (Å²) in [5.41, 5.74) is 1.59. The maximum absolute atomic E-state index is 2.41. The van der Waals surface area contributed by atoms with Crippen molar-refractivity contribution in [3.05, 3.63) is 11.6 Å². The molecule has 0 saturated carbocycles. The summed E-state index contributed by atoms with van der Waals surface area (Å²) in [6, 6.07) is 0. The van der Waals surface area contributed by atoms with Crippen LogP contribution in [0.15, 0.2) is 11.6 Å². The van der Waals surface area contributed by atoms with E-state index in [2.05, 4.69) is 26.8 Å². The highest BCUT2D eigenvalue weighted by Gasteiger charge is 2.14. The summed E-state index contributed by atoms with van der Waals surface area (Å²) < 4.78 is 0. The van der Waals surface area contributed by atoms with E-state index in [1.807, 2.05) is 0 Å². The molecule has 0 fully saturated rings. The first-order valence-corrected chi connectivity index (χ1v) is 4.36. The summed E-state index contributed by atoms with van der Waals surface area (Å²) in [5, 5.41) is 0. The van der Waals surface area contributed by atoms with Gasteiger partial charge in [-0.05, 0) is 38.0 Å². The Balaban J connectivity index is 2.42. The van der Waals surface area contributed by atoms with Crippen molar-refractivity contribution in [2.45, 2.75) is 40.0 Å². The molecule has 0 aromatic heterocycles. The average molecular weight is 138 g/mol. The zero-order chi connectivity index (χ0) is 7.56. The van der Waals surface area contributed by atoms with Gasteiger partial charge in [-0.15, -0.1) is 0 Å². The number of rotatable bonds is 1. The van der Waals surface area contributed by atoms with Crippen LogP contribution in [-0.2, 0) is 0 Å². The van der Waals surface area contributed by atoms with Crippen molar-refractivity contribution in [3.63, 3.8) is 0 Å². The van der Waals surface area contributed by atoms with E-state index in [0.717, 1.165) is 11.8 Å². The van der Waals surface area contributed by atoms with Crippen LogP contribution in [0.25, 0.3) is 0 Å². The molecule has 1 rings (SSSR count). The second-order valence-corrected chi connectivity index (χ2v) is 3.83.